The maximum Gasteiger partial charge on any atom is 0.251 e. The topological polar surface area (TPSA) is 32.7 Å². The van der Waals surface area contributed by atoms with Crippen LogP contribution in [-0.4, -0.2) is 24.7 Å². The van der Waals surface area contributed by atoms with Crippen LogP contribution < -0.4 is 4.90 Å². The van der Waals surface area contributed by atoms with Crippen molar-refractivity contribution in [1.29, 1.82) is 0 Å². The summed E-state index contributed by atoms with van der Waals surface area (Å²) in [7, 11) is 1.78. The molecule has 1 aliphatic rings. The minimum atomic E-state index is -0.615. The number of rotatable bonds is 5. The Hall–Kier alpha value is -2.98. The molecule has 1 unspecified atom stereocenters. The van der Waals surface area contributed by atoms with Crippen LogP contribution in [0.3, 0.4) is 0 Å². The predicted molar refractivity (Wildman–Crippen MR) is 139 cm³/mol. The summed E-state index contributed by atoms with van der Waals surface area (Å²) in [4.78, 5) is 20.3. The van der Waals surface area contributed by atoms with Gasteiger partial charge in [-0.3, -0.25) is 9.79 Å². The molecule has 0 bridgehead atoms. The summed E-state index contributed by atoms with van der Waals surface area (Å²) >= 11 is 6.34. The van der Waals surface area contributed by atoms with E-state index in [4.69, 9.17) is 16.6 Å². The van der Waals surface area contributed by atoms with E-state index in [2.05, 4.69) is 45.9 Å². The molecule has 0 radical (unpaired) electrons. The van der Waals surface area contributed by atoms with Gasteiger partial charge in [0.15, 0.2) is 0 Å². The molecule has 0 saturated heterocycles. The van der Waals surface area contributed by atoms with Crippen LogP contribution in [0.5, 0.6) is 0 Å². The average molecular weight is 477 g/mol. The Morgan fingerprint density at radius 3 is 2.35 bits per heavy atom. The van der Waals surface area contributed by atoms with Crippen molar-refractivity contribution in [3.63, 3.8) is 0 Å². The number of fused-ring (bicyclic) bond motifs is 1. The highest BCUT2D eigenvalue weighted by Gasteiger charge is 2.31. The zero-order chi connectivity index (χ0) is 24.6. The first-order valence-electron chi connectivity index (χ1n) is 11.7. The SMILES string of the molecule is CC(C)c1cccc(CC2N=C(c3ccc(F)cc3)c3cc(Cl)ccc3N(C)C2=O)c1C(C)C. The average Bonchev–Trinajstić information content (AvgIpc) is 2.89. The van der Waals surface area contributed by atoms with Crippen molar-refractivity contribution >= 4 is 28.9 Å². The predicted octanol–water partition coefficient (Wildman–Crippen LogP) is 7.15. The zero-order valence-electron chi connectivity index (χ0n) is 20.3. The summed E-state index contributed by atoms with van der Waals surface area (Å²) in [5.41, 5.74) is 6.62. The quantitative estimate of drug-likeness (QED) is 0.384. The first-order chi connectivity index (χ1) is 16.2. The van der Waals surface area contributed by atoms with Crippen molar-refractivity contribution in [2.24, 2.45) is 4.99 Å². The van der Waals surface area contributed by atoms with E-state index in [0.29, 0.717) is 29.0 Å². The number of halogens is 2. The van der Waals surface area contributed by atoms with Crippen LogP contribution in [0.4, 0.5) is 10.1 Å². The summed E-state index contributed by atoms with van der Waals surface area (Å²) in [6.45, 7) is 8.77. The second kappa shape index (κ2) is 9.71. The van der Waals surface area contributed by atoms with Crippen molar-refractivity contribution in [1.82, 2.24) is 0 Å². The van der Waals surface area contributed by atoms with Crippen LogP contribution in [0.25, 0.3) is 0 Å². The highest BCUT2D eigenvalue weighted by molar-refractivity contribution is 6.32. The molecule has 176 valence electrons. The summed E-state index contributed by atoms with van der Waals surface area (Å²) < 4.78 is 13.7. The fraction of sp³-hybridized carbons (Fsp3) is 0.310. The van der Waals surface area contributed by atoms with Gasteiger partial charge in [0, 0.05) is 29.6 Å². The lowest BCUT2D eigenvalue weighted by atomic mass is 9.85. The fourth-order valence-electron chi connectivity index (χ4n) is 4.81. The molecule has 1 aliphatic heterocycles. The van der Waals surface area contributed by atoms with Gasteiger partial charge in [-0.1, -0.05) is 57.5 Å². The van der Waals surface area contributed by atoms with Crippen LogP contribution in [0.1, 0.15) is 67.3 Å². The molecule has 1 atom stereocenters. The van der Waals surface area contributed by atoms with Gasteiger partial charge in [0.25, 0.3) is 5.91 Å². The van der Waals surface area contributed by atoms with E-state index < -0.39 is 6.04 Å². The normalized spacial score (nSPS) is 16.0. The molecule has 0 spiro atoms. The lowest BCUT2D eigenvalue weighted by Gasteiger charge is -2.24. The first kappa shape index (κ1) is 24.2. The van der Waals surface area contributed by atoms with Gasteiger partial charge >= 0.3 is 0 Å². The van der Waals surface area contributed by atoms with Gasteiger partial charge in [0.2, 0.25) is 0 Å². The summed E-state index contributed by atoms with van der Waals surface area (Å²) in [5, 5.41) is 0.555. The zero-order valence-corrected chi connectivity index (χ0v) is 21.0. The molecule has 3 aromatic carbocycles. The van der Waals surface area contributed by atoms with Crippen LogP contribution in [0.15, 0.2) is 65.7 Å². The monoisotopic (exact) mass is 476 g/mol. The molecule has 4 rings (SSSR count). The number of aliphatic imine (C=N–C) groups is 1. The number of benzodiazepines with no additional fused rings is 1. The van der Waals surface area contributed by atoms with E-state index in [1.165, 1.54) is 23.3 Å². The van der Waals surface area contributed by atoms with Crippen molar-refractivity contribution in [2.75, 3.05) is 11.9 Å². The smallest absolute Gasteiger partial charge is 0.251 e. The van der Waals surface area contributed by atoms with Crippen LogP contribution >= 0.6 is 11.6 Å². The molecular formula is C29H30ClFN2O. The third kappa shape index (κ3) is 4.65. The highest BCUT2D eigenvalue weighted by Crippen LogP contribution is 2.34. The molecule has 1 heterocycles. The number of amides is 1. The molecular weight excluding hydrogens is 447 g/mol. The van der Waals surface area contributed by atoms with Crippen LogP contribution in [0, 0.1) is 5.82 Å². The molecule has 1 amide bonds. The van der Waals surface area contributed by atoms with Crippen molar-refractivity contribution < 1.29 is 9.18 Å². The number of nitrogens with zero attached hydrogens (tertiary/aromatic N) is 2. The van der Waals surface area contributed by atoms with E-state index in [9.17, 15) is 9.18 Å². The van der Waals surface area contributed by atoms with Gasteiger partial charge in [-0.15, -0.1) is 0 Å². The molecule has 0 saturated carbocycles. The molecule has 0 N–H and O–H groups in total. The van der Waals surface area contributed by atoms with Crippen molar-refractivity contribution in [3.8, 4) is 0 Å². The third-order valence-electron chi connectivity index (χ3n) is 6.44. The fourth-order valence-corrected chi connectivity index (χ4v) is 4.98. The summed E-state index contributed by atoms with van der Waals surface area (Å²) in [6.07, 6.45) is 0.490. The largest absolute Gasteiger partial charge is 0.313 e. The Kier molecular flexibility index (Phi) is 6.90. The van der Waals surface area contributed by atoms with E-state index in [1.54, 1.807) is 30.1 Å². The summed E-state index contributed by atoms with van der Waals surface area (Å²) in [6, 6.07) is 17.4. The Balaban J connectivity index is 1.88. The first-order valence-corrected chi connectivity index (χ1v) is 12.1. The molecule has 5 heteroatoms. The minimum absolute atomic E-state index is 0.0784. The lowest BCUT2D eigenvalue weighted by molar-refractivity contribution is -0.119. The van der Waals surface area contributed by atoms with Gasteiger partial charge in [-0.05, 0) is 71.0 Å². The number of anilines is 1. The van der Waals surface area contributed by atoms with E-state index in [0.717, 1.165) is 22.4 Å². The van der Waals surface area contributed by atoms with E-state index in [-0.39, 0.29) is 11.7 Å². The Bertz CT molecular complexity index is 1250. The Labute approximate surface area is 206 Å². The molecule has 3 nitrogen and oxygen atoms in total. The molecule has 0 aromatic heterocycles. The molecule has 0 aliphatic carbocycles. The van der Waals surface area contributed by atoms with E-state index >= 15 is 0 Å². The number of benzene rings is 3. The number of hydrogen-bond donors (Lipinski definition) is 0. The second-order valence-corrected chi connectivity index (χ2v) is 9.93. The molecule has 3 aromatic rings. The van der Waals surface area contributed by atoms with Gasteiger partial charge in [-0.25, -0.2) is 4.39 Å². The lowest BCUT2D eigenvalue weighted by Crippen LogP contribution is -2.36. The van der Waals surface area contributed by atoms with Gasteiger partial charge in [-0.2, -0.15) is 0 Å². The Morgan fingerprint density at radius 1 is 1.00 bits per heavy atom. The van der Waals surface area contributed by atoms with E-state index in [1.807, 2.05) is 12.1 Å². The van der Waals surface area contributed by atoms with Crippen LogP contribution in [-0.2, 0) is 11.2 Å². The number of carbonyl (C=O) groups is 1. The maximum absolute atomic E-state index is 13.7. The van der Waals surface area contributed by atoms with Crippen molar-refractivity contribution in [2.45, 2.75) is 52.0 Å². The highest BCUT2D eigenvalue weighted by atomic mass is 35.5. The second-order valence-electron chi connectivity index (χ2n) is 9.49. The summed E-state index contributed by atoms with van der Waals surface area (Å²) in [5.74, 6) is 0.310. The van der Waals surface area contributed by atoms with Gasteiger partial charge in [0.1, 0.15) is 11.9 Å². The van der Waals surface area contributed by atoms with Gasteiger partial charge < -0.3 is 4.90 Å². The number of hydrogen-bond acceptors (Lipinski definition) is 2. The molecule has 34 heavy (non-hydrogen) atoms. The van der Waals surface area contributed by atoms with Gasteiger partial charge in [0.05, 0.1) is 11.4 Å². The van der Waals surface area contributed by atoms with Crippen LogP contribution in [0.2, 0.25) is 5.02 Å². The maximum atomic E-state index is 13.7. The minimum Gasteiger partial charge on any atom is -0.313 e. The van der Waals surface area contributed by atoms with Crippen molar-refractivity contribution in [3.05, 3.63) is 99.3 Å². The number of carbonyl (C=O) groups excluding carboxylic acids is 1. The third-order valence-corrected chi connectivity index (χ3v) is 6.67. The number of likely N-dealkylation sites (N-methyl/N-ethyl adjacent to an activating group) is 1. The Morgan fingerprint density at radius 2 is 1.71 bits per heavy atom. The standard InChI is InChI=1S/C29H30ClFN2O/c1-17(2)23-8-6-7-20(27(23)18(3)4)15-25-29(34)33(5)26-14-11-21(30)16-24(26)28(32-25)19-9-12-22(31)13-10-19/h6-14,16-18,25H,15H2,1-5H3. The molecule has 0 fully saturated rings.